The van der Waals surface area contributed by atoms with Crippen LogP contribution in [0.2, 0.25) is 0 Å². The molecule has 6 heterocycles. The number of rotatable bonds is 17. The molecule has 20 heteroatoms. The number of fused-ring (bicyclic) bond motifs is 2. The number of carbonyl (C=O) groups excluding carboxylic acids is 2. The molecular weight excluding hydrogens is 883 g/mol. The molecule has 5 aromatic rings. The van der Waals surface area contributed by atoms with Crippen molar-refractivity contribution in [3.05, 3.63) is 119 Å². The zero-order valence-electron chi connectivity index (χ0n) is 38.1. The van der Waals surface area contributed by atoms with Gasteiger partial charge in [-0.05, 0) is 73.9 Å². The number of hydrogen-bond acceptors (Lipinski definition) is 12. The Kier molecular flexibility index (Phi) is 14.3. The maximum absolute atomic E-state index is 13.7. The Morgan fingerprint density at radius 1 is 0.783 bits per heavy atom. The highest BCUT2D eigenvalue weighted by Gasteiger charge is 2.35. The largest absolute Gasteiger partial charge is 0.384 e. The molecule has 69 heavy (non-hydrogen) atoms. The molecule has 1 aromatic carbocycles. The molecule has 2 fully saturated rings. The molecule has 4 aromatic heterocycles. The molecular formula is C49H56F2N16O2. The fourth-order valence-electron chi connectivity index (χ4n) is 9.38. The number of likely N-dealkylation sites (tertiary alicyclic amines) is 2. The zero-order chi connectivity index (χ0) is 48.7. The molecule has 0 atom stereocenters. The second-order valence-electron chi connectivity index (χ2n) is 17.9. The number of carbonyl (C=O) groups is 2. The Bertz CT molecular complexity index is 3040. The first kappa shape index (κ1) is 47.8. The molecule has 0 bridgehead atoms. The summed E-state index contributed by atoms with van der Waals surface area (Å²) >= 11 is 0. The average molecular weight is 939 g/mol. The van der Waals surface area contributed by atoms with Crippen LogP contribution in [0.25, 0.3) is 33.7 Å². The molecule has 18 nitrogen and oxygen atoms in total. The van der Waals surface area contributed by atoms with E-state index in [0.717, 1.165) is 78.5 Å². The van der Waals surface area contributed by atoms with Crippen molar-refractivity contribution in [2.75, 3.05) is 39.3 Å². The third-order valence-electron chi connectivity index (χ3n) is 13.4. The first-order valence-electron chi connectivity index (χ1n) is 22.8. The van der Waals surface area contributed by atoms with Crippen LogP contribution in [0.4, 0.5) is 20.2 Å². The Balaban J connectivity index is 0.922. The summed E-state index contributed by atoms with van der Waals surface area (Å²) in [7, 11) is 0. The van der Waals surface area contributed by atoms with Gasteiger partial charge >= 0.3 is 0 Å². The van der Waals surface area contributed by atoms with Crippen molar-refractivity contribution >= 4 is 57.4 Å². The third kappa shape index (κ3) is 11.0. The number of amides is 2. The monoisotopic (exact) mass is 938 g/mol. The van der Waals surface area contributed by atoms with E-state index in [-0.39, 0.29) is 40.6 Å². The molecule has 2 saturated heterocycles. The van der Waals surface area contributed by atoms with Crippen LogP contribution in [0.1, 0.15) is 50.5 Å². The number of hydrogen-bond donors (Lipinski definition) is 9. The number of benzene rings is 1. The molecule has 358 valence electrons. The minimum atomic E-state index is -0.808. The SMILES string of the molecule is N#CCC1(N/C=C(/C(N)=O)C(N)=Nc2ccnc(F)c2)CCN(CC2=c3[nH]cc(-c4c[nH]c5ccc(CN6CCC(CN)(N/C=C(/C(N)=O)C(N)=Nc7ccnc(F)c7)CC6)cc45)c3=CCC2)CC1. The summed E-state index contributed by atoms with van der Waals surface area (Å²) in [4.78, 5) is 52.0. The van der Waals surface area contributed by atoms with Gasteiger partial charge in [-0.15, -0.1) is 0 Å². The van der Waals surface area contributed by atoms with Crippen LogP contribution in [0.5, 0.6) is 0 Å². The second-order valence-corrected chi connectivity index (χ2v) is 17.9. The number of primary amides is 2. The predicted octanol–water partition coefficient (Wildman–Crippen LogP) is 2.29. The molecule has 8 rings (SSSR count). The second kappa shape index (κ2) is 20.6. The standard InChI is InChI=1S/C49H56F2N16O2/c50-41-21-32(6-14-58-41)64-44(54)38(46(56)68)25-62-48(8-13-52)9-16-67(17-10-48)28-31-2-1-3-34-36(24-61-43(31)34)37-23-60-40-5-4-30(20-35(37)40)27-66-18-11-49(29-53,12-19-66)63-26-39(47(57)69)45(55)65-33-7-15-59-42(51)22-33/h3-7,14-15,20-26,60-63H,1-2,8-12,16-19,27-29,53H2,(H2,56,68)(H2,57,69)(H2,54,58,64)(H2,55,59,65)/b38-25+,39-26+. The number of nitrogens with two attached hydrogens (primary N) is 5. The van der Waals surface area contributed by atoms with Crippen molar-refractivity contribution in [3.8, 4) is 17.2 Å². The van der Waals surface area contributed by atoms with Crippen molar-refractivity contribution in [1.29, 1.82) is 5.26 Å². The Labute approximate surface area is 396 Å². The number of H-pyrrole nitrogens is 2. The topological polar surface area (TPSA) is 301 Å². The molecule has 0 saturated carbocycles. The van der Waals surface area contributed by atoms with Gasteiger partial charge in [0, 0.05) is 128 Å². The highest BCUT2D eigenvalue weighted by molar-refractivity contribution is 6.20. The number of halogens is 2. The lowest BCUT2D eigenvalue weighted by Crippen LogP contribution is -2.56. The normalized spacial score (nSPS) is 18.0. The molecule has 2 aliphatic heterocycles. The first-order valence-corrected chi connectivity index (χ1v) is 22.8. The smallest absolute Gasteiger partial charge is 0.253 e. The van der Waals surface area contributed by atoms with Crippen LogP contribution in [0.3, 0.4) is 0 Å². The summed E-state index contributed by atoms with van der Waals surface area (Å²) < 4.78 is 27.3. The maximum Gasteiger partial charge on any atom is 0.253 e. The van der Waals surface area contributed by atoms with Gasteiger partial charge in [0.05, 0.1) is 46.1 Å². The molecule has 2 amide bonds. The van der Waals surface area contributed by atoms with E-state index in [1.165, 1.54) is 53.3 Å². The predicted molar refractivity (Wildman–Crippen MR) is 261 cm³/mol. The Hall–Kier alpha value is -7.73. The van der Waals surface area contributed by atoms with E-state index in [4.69, 9.17) is 28.7 Å². The van der Waals surface area contributed by atoms with Crippen molar-refractivity contribution in [1.82, 2.24) is 40.4 Å². The van der Waals surface area contributed by atoms with E-state index in [0.29, 0.717) is 45.3 Å². The molecule has 0 spiro atoms. The van der Waals surface area contributed by atoms with Crippen molar-refractivity contribution in [2.24, 2.45) is 38.7 Å². The number of aromatic nitrogens is 4. The number of piperidine rings is 2. The summed E-state index contributed by atoms with van der Waals surface area (Å²) in [5, 5.41) is 19.9. The molecule has 0 unspecified atom stereocenters. The van der Waals surface area contributed by atoms with Gasteiger partial charge in [0.15, 0.2) is 0 Å². The summed E-state index contributed by atoms with van der Waals surface area (Å²) in [6, 6.07) is 14.0. The number of pyridine rings is 2. The summed E-state index contributed by atoms with van der Waals surface area (Å²) in [5.74, 6) is -3.38. The minimum Gasteiger partial charge on any atom is -0.384 e. The van der Waals surface area contributed by atoms with E-state index < -0.39 is 34.8 Å². The van der Waals surface area contributed by atoms with E-state index in [9.17, 15) is 23.6 Å². The Morgan fingerprint density at radius 2 is 1.35 bits per heavy atom. The van der Waals surface area contributed by atoms with Gasteiger partial charge in [-0.2, -0.15) is 14.0 Å². The van der Waals surface area contributed by atoms with Gasteiger partial charge in [-0.1, -0.05) is 12.1 Å². The maximum atomic E-state index is 13.7. The quantitative estimate of drug-likeness (QED) is 0.0281. The number of amidine groups is 2. The van der Waals surface area contributed by atoms with Crippen LogP contribution in [0, 0.1) is 23.2 Å². The van der Waals surface area contributed by atoms with Crippen molar-refractivity contribution in [3.63, 3.8) is 0 Å². The lowest BCUT2D eigenvalue weighted by molar-refractivity contribution is -0.115. The van der Waals surface area contributed by atoms with E-state index in [2.05, 4.69) is 93.1 Å². The molecule has 0 radical (unpaired) electrons. The van der Waals surface area contributed by atoms with Gasteiger partial charge in [0.25, 0.3) is 11.8 Å². The van der Waals surface area contributed by atoms with Crippen molar-refractivity contribution < 1.29 is 18.4 Å². The van der Waals surface area contributed by atoms with Crippen molar-refractivity contribution in [2.45, 2.75) is 62.6 Å². The van der Waals surface area contributed by atoms with Gasteiger partial charge in [0.1, 0.15) is 11.7 Å². The number of nitrogens with one attached hydrogen (secondary N) is 4. The van der Waals surface area contributed by atoms with Crippen LogP contribution < -0.4 is 49.9 Å². The fourth-order valence-corrected chi connectivity index (χ4v) is 9.38. The number of aromatic amines is 2. The van der Waals surface area contributed by atoms with E-state index in [1.54, 1.807) is 0 Å². The minimum absolute atomic E-state index is 0.0320. The number of nitriles is 1. The fraction of sp³-hybridized carbons (Fsp3) is 0.327. The van der Waals surface area contributed by atoms with Crippen LogP contribution in [-0.2, 0) is 16.1 Å². The average Bonchev–Trinajstić information content (AvgIpc) is 3.95. The highest BCUT2D eigenvalue weighted by atomic mass is 19.1. The number of nitrogens with zero attached hydrogens (tertiary/aromatic N) is 7. The van der Waals surface area contributed by atoms with E-state index >= 15 is 0 Å². The lowest BCUT2D eigenvalue weighted by Gasteiger charge is -2.41. The lowest BCUT2D eigenvalue weighted by atomic mass is 9.84. The van der Waals surface area contributed by atoms with E-state index in [1.807, 2.05) is 0 Å². The Morgan fingerprint density at radius 3 is 1.91 bits per heavy atom. The zero-order valence-corrected chi connectivity index (χ0v) is 38.1. The van der Waals surface area contributed by atoms with Gasteiger partial charge in [0.2, 0.25) is 11.9 Å². The number of aliphatic imine (C=N–C) groups is 2. The van der Waals surface area contributed by atoms with Crippen LogP contribution >= 0.6 is 0 Å². The van der Waals surface area contributed by atoms with Gasteiger partial charge in [-0.3, -0.25) is 19.4 Å². The first-order chi connectivity index (χ1) is 33.3. The van der Waals surface area contributed by atoms with Crippen LogP contribution in [-0.4, -0.2) is 104 Å². The third-order valence-corrected chi connectivity index (χ3v) is 13.4. The molecule has 3 aliphatic rings. The highest BCUT2D eigenvalue weighted by Crippen LogP contribution is 2.31. The van der Waals surface area contributed by atoms with Gasteiger partial charge < -0.3 is 49.3 Å². The summed E-state index contributed by atoms with van der Waals surface area (Å²) in [5.41, 5.74) is 34.9. The van der Waals surface area contributed by atoms with Gasteiger partial charge in [-0.25, -0.2) is 20.0 Å². The summed E-state index contributed by atoms with van der Waals surface area (Å²) in [6.07, 6.45) is 16.6. The molecule has 14 N–H and O–H groups in total. The molecule has 1 aliphatic carbocycles. The van der Waals surface area contributed by atoms with Crippen LogP contribution in [0.15, 0.2) is 101 Å². The summed E-state index contributed by atoms with van der Waals surface area (Å²) in [6.45, 7) is 4.75.